The molecular weight excluding hydrogens is 641 g/mol. The number of rotatable bonds is 4. The third-order valence-corrected chi connectivity index (χ3v) is 11.8. The summed E-state index contributed by atoms with van der Waals surface area (Å²) in [6, 6.07) is 44.4. The van der Waals surface area contributed by atoms with Gasteiger partial charge in [-0.05, 0) is 110 Å². The predicted octanol–water partition coefficient (Wildman–Crippen LogP) is 11.2. The van der Waals surface area contributed by atoms with Gasteiger partial charge in [0.1, 0.15) is 11.2 Å². The van der Waals surface area contributed by atoms with E-state index in [0.717, 1.165) is 40.5 Å². The zero-order valence-corrected chi connectivity index (χ0v) is 30.0. The lowest BCUT2D eigenvalue weighted by Gasteiger charge is -2.33. The van der Waals surface area contributed by atoms with Crippen molar-refractivity contribution in [2.75, 3.05) is 0 Å². The first-order chi connectivity index (χ1) is 26.2. The molecule has 2 atom stereocenters. The van der Waals surface area contributed by atoms with Gasteiger partial charge in [0.05, 0.1) is 0 Å². The summed E-state index contributed by atoms with van der Waals surface area (Å²) in [6.07, 6.45) is 19.2. The number of fused-ring (bicyclic) bond motifs is 8. The summed E-state index contributed by atoms with van der Waals surface area (Å²) in [5, 5.41) is 4.86. The Bertz CT molecular complexity index is 2930. The maximum absolute atomic E-state index is 6.99. The Morgan fingerprint density at radius 1 is 0.736 bits per heavy atom. The Morgan fingerprint density at radius 3 is 2.38 bits per heavy atom. The molecule has 10 rings (SSSR count). The lowest BCUT2D eigenvalue weighted by atomic mass is 9.70. The summed E-state index contributed by atoms with van der Waals surface area (Å²) >= 11 is 0. The van der Waals surface area contributed by atoms with Crippen molar-refractivity contribution in [3.05, 3.63) is 206 Å². The molecule has 6 aromatic carbocycles. The number of furan rings is 1. The van der Waals surface area contributed by atoms with Gasteiger partial charge in [0.15, 0.2) is 0 Å². The van der Waals surface area contributed by atoms with E-state index in [4.69, 9.17) is 10.8 Å². The van der Waals surface area contributed by atoms with Crippen LogP contribution >= 0.6 is 0 Å². The number of hydrogen-bond donors (Lipinski definition) is 0. The number of hydrogen-bond acceptors (Lipinski definition) is 1. The van der Waals surface area contributed by atoms with Crippen molar-refractivity contribution in [1.29, 1.82) is 0 Å². The van der Waals surface area contributed by atoms with Crippen LogP contribution in [0.15, 0.2) is 156 Å². The van der Waals surface area contributed by atoms with E-state index in [0.29, 0.717) is 0 Å². The van der Waals surface area contributed by atoms with E-state index in [-0.39, 0.29) is 11.8 Å². The van der Waals surface area contributed by atoms with E-state index in [9.17, 15) is 0 Å². The van der Waals surface area contributed by atoms with Crippen LogP contribution in [-0.2, 0) is 6.42 Å². The van der Waals surface area contributed by atoms with Crippen LogP contribution in [0.5, 0.6) is 0 Å². The standard InChI is InChI=1S/C52H38O/c1-4-16-36-33(5-2)28-27-32(3)48(36)50-41-23-12-10-21-39(41)49(40-22-11-13-24-42(40)50)45-30-29-43(52-51(45)44-25-14-15-26-47(44)53-52)46-31-34-17-6-7-18-35(34)37-19-8-9-20-38(37)46/h2,4,6-23,25-30,42,46H,24,31H2,1,3H3/b16-4-. The highest BCUT2D eigenvalue weighted by Crippen LogP contribution is 2.49. The van der Waals surface area contributed by atoms with Gasteiger partial charge >= 0.3 is 0 Å². The second-order valence-electron chi connectivity index (χ2n) is 14.5. The average molecular weight is 679 g/mol. The Balaban J connectivity index is 1.31. The van der Waals surface area contributed by atoms with Gasteiger partial charge < -0.3 is 4.42 Å². The highest BCUT2D eigenvalue weighted by atomic mass is 16.3. The Kier molecular flexibility index (Phi) is 7.34. The molecular formula is C52H38O. The summed E-state index contributed by atoms with van der Waals surface area (Å²) < 4.78 is 6.99. The van der Waals surface area contributed by atoms with Crippen molar-refractivity contribution >= 4 is 39.2 Å². The number of terminal acetylenes is 1. The molecule has 0 amide bonds. The lowest BCUT2D eigenvalue weighted by molar-refractivity contribution is 0.654. The topological polar surface area (TPSA) is 13.1 Å². The summed E-state index contributed by atoms with van der Waals surface area (Å²) in [5.41, 5.74) is 18.3. The molecule has 1 heterocycles. The highest BCUT2D eigenvalue weighted by Gasteiger charge is 2.34. The fourth-order valence-corrected chi connectivity index (χ4v) is 9.55. The molecule has 3 aliphatic carbocycles. The predicted molar refractivity (Wildman–Crippen MR) is 221 cm³/mol. The smallest absolute Gasteiger partial charge is 0.139 e. The van der Waals surface area contributed by atoms with Crippen LogP contribution in [0.2, 0.25) is 0 Å². The normalized spacial score (nSPS) is 17.3. The number of allylic oxidation sites excluding steroid dienone is 5. The third-order valence-electron chi connectivity index (χ3n) is 11.8. The van der Waals surface area contributed by atoms with E-state index in [2.05, 4.69) is 171 Å². The molecule has 0 fully saturated rings. The second-order valence-corrected chi connectivity index (χ2v) is 14.5. The number of para-hydroxylation sites is 1. The quantitative estimate of drug-likeness (QED) is 0.169. The first-order valence-electron chi connectivity index (χ1n) is 18.7. The summed E-state index contributed by atoms with van der Waals surface area (Å²) in [6.45, 7) is 4.29. The maximum Gasteiger partial charge on any atom is 0.139 e. The molecule has 0 radical (unpaired) electrons. The molecule has 0 aliphatic heterocycles. The number of aryl methyl sites for hydroxylation is 1. The Hall–Kier alpha value is -6.36. The molecule has 3 aliphatic rings. The summed E-state index contributed by atoms with van der Waals surface area (Å²) in [7, 11) is 0. The first-order valence-corrected chi connectivity index (χ1v) is 18.7. The third kappa shape index (κ3) is 4.72. The van der Waals surface area contributed by atoms with E-state index in [1.807, 2.05) is 0 Å². The number of benzene rings is 6. The average Bonchev–Trinajstić information content (AvgIpc) is 3.60. The molecule has 53 heavy (non-hydrogen) atoms. The molecule has 7 aromatic rings. The van der Waals surface area contributed by atoms with Crippen molar-refractivity contribution in [3.8, 4) is 23.5 Å². The molecule has 0 N–H and O–H groups in total. The van der Waals surface area contributed by atoms with Crippen molar-refractivity contribution in [2.24, 2.45) is 5.92 Å². The Morgan fingerprint density at radius 2 is 1.51 bits per heavy atom. The van der Waals surface area contributed by atoms with Crippen molar-refractivity contribution < 1.29 is 4.42 Å². The minimum Gasteiger partial charge on any atom is -0.456 e. The second kappa shape index (κ2) is 12.4. The van der Waals surface area contributed by atoms with Crippen LogP contribution in [-0.4, -0.2) is 0 Å². The zero-order chi connectivity index (χ0) is 35.6. The molecule has 252 valence electrons. The minimum atomic E-state index is 0.162. The van der Waals surface area contributed by atoms with Crippen LogP contribution < -0.4 is 10.4 Å². The van der Waals surface area contributed by atoms with Gasteiger partial charge in [0, 0.05) is 33.7 Å². The molecule has 1 aromatic heterocycles. The molecule has 0 saturated carbocycles. The van der Waals surface area contributed by atoms with Crippen LogP contribution in [0, 0.1) is 25.2 Å². The minimum absolute atomic E-state index is 0.162. The van der Waals surface area contributed by atoms with Crippen molar-refractivity contribution in [3.63, 3.8) is 0 Å². The summed E-state index contributed by atoms with van der Waals surface area (Å²) in [4.78, 5) is 0. The van der Waals surface area contributed by atoms with E-state index < -0.39 is 0 Å². The fourth-order valence-electron chi connectivity index (χ4n) is 9.55. The molecule has 0 bridgehead atoms. The molecule has 0 saturated heterocycles. The van der Waals surface area contributed by atoms with Crippen LogP contribution in [0.25, 0.3) is 50.3 Å². The van der Waals surface area contributed by atoms with Crippen molar-refractivity contribution in [1.82, 2.24) is 0 Å². The zero-order valence-electron chi connectivity index (χ0n) is 30.0. The van der Waals surface area contributed by atoms with Gasteiger partial charge in [-0.25, -0.2) is 0 Å². The van der Waals surface area contributed by atoms with Gasteiger partial charge in [0.2, 0.25) is 0 Å². The van der Waals surface area contributed by atoms with Crippen LogP contribution in [0.4, 0.5) is 0 Å². The van der Waals surface area contributed by atoms with E-state index in [1.165, 1.54) is 77.1 Å². The highest BCUT2D eigenvalue weighted by molar-refractivity contribution is 6.13. The van der Waals surface area contributed by atoms with Crippen molar-refractivity contribution in [2.45, 2.75) is 32.6 Å². The fraction of sp³-hybridized carbons (Fsp3) is 0.115. The van der Waals surface area contributed by atoms with Gasteiger partial charge in [0.25, 0.3) is 0 Å². The molecule has 0 spiro atoms. The lowest BCUT2D eigenvalue weighted by Crippen LogP contribution is -2.38. The maximum atomic E-state index is 6.99. The monoisotopic (exact) mass is 678 g/mol. The van der Waals surface area contributed by atoms with E-state index >= 15 is 0 Å². The van der Waals surface area contributed by atoms with Gasteiger partial charge in [-0.1, -0.05) is 145 Å². The van der Waals surface area contributed by atoms with Crippen LogP contribution in [0.1, 0.15) is 63.8 Å². The molecule has 1 nitrogen and oxygen atoms in total. The van der Waals surface area contributed by atoms with E-state index in [1.54, 1.807) is 0 Å². The van der Waals surface area contributed by atoms with Gasteiger partial charge in [-0.2, -0.15) is 0 Å². The SMILES string of the molecule is C#Cc1ccc(C)c(C2=c3ccccc3=C(c3ccc(C4Cc5ccccc5-c5ccccc54)c4oc5ccccc5c34)C3=CC=CCC32)c1/C=C\C. The molecule has 1 heteroatoms. The largest absolute Gasteiger partial charge is 0.456 e. The van der Waals surface area contributed by atoms with Gasteiger partial charge in [-0.3, -0.25) is 0 Å². The first kappa shape index (κ1) is 31.4. The van der Waals surface area contributed by atoms with Gasteiger partial charge in [-0.15, -0.1) is 6.42 Å². The van der Waals surface area contributed by atoms with Crippen LogP contribution in [0.3, 0.4) is 0 Å². The summed E-state index contributed by atoms with van der Waals surface area (Å²) in [5.74, 6) is 3.32. The Labute approximate surface area is 310 Å². The molecule has 2 unspecified atom stereocenters.